The van der Waals surface area contributed by atoms with Crippen LogP contribution in [-0.2, 0) is 0 Å². The SMILES string of the molecule is O=C(O)c1cc(-c2cc(F)cc(Cl)c2)ccc1F. The van der Waals surface area contributed by atoms with Crippen LogP contribution in [0.25, 0.3) is 11.1 Å². The summed E-state index contributed by atoms with van der Waals surface area (Å²) >= 11 is 5.70. The first-order valence-corrected chi connectivity index (χ1v) is 5.34. The average molecular weight is 269 g/mol. The summed E-state index contributed by atoms with van der Waals surface area (Å²) in [5.41, 5.74) is 0.311. The van der Waals surface area contributed by atoms with E-state index in [0.717, 1.165) is 18.2 Å². The van der Waals surface area contributed by atoms with Crippen molar-refractivity contribution in [1.82, 2.24) is 0 Å². The van der Waals surface area contributed by atoms with Crippen molar-refractivity contribution in [1.29, 1.82) is 0 Å². The molecule has 2 aromatic carbocycles. The van der Waals surface area contributed by atoms with Crippen LogP contribution < -0.4 is 0 Å². The summed E-state index contributed by atoms with van der Waals surface area (Å²) in [6.45, 7) is 0. The van der Waals surface area contributed by atoms with Crippen LogP contribution in [0.2, 0.25) is 5.02 Å². The molecule has 0 unspecified atom stereocenters. The topological polar surface area (TPSA) is 37.3 Å². The lowest BCUT2D eigenvalue weighted by atomic mass is 10.0. The van der Waals surface area contributed by atoms with Crippen LogP contribution in [0.1, 0.15) is 10.4 Å². The highest BCUT2D eigenvalue weighted by atomic mass is 35.5. The number of hydrogen-bond acceptors (Lipinski definition) is 1. The van der Waals surface area contributed by atoms with E-state index < -0.39 is 23.2 Å². The fraction of sp³-hybridized carbons (Fsp3) is 0. The van der Waals surface area contributed by atoms with E-state index in [4.69, 9.17) is 16.7 Å². The summed E-state index contributed by atoms with van der Waals surface area (Å²) < 4.78 is 26.4. The molecule has 0 saturated heterocycles. The van der Waals surface area contributed by atoms with Crippen LogP contribution in [0.15, 0.2) is 36.4 Å². The number of carboxylic acids is 1. The molecule has 2 aromatic rings. The van der Waals surface area contributed by atoms with E-state index in [1.807, 2.05) is 0 Å². The van der Waals surface area contributed by atoms with Gasteiger partial charge in [0, 0.05) is 5.02 Å². The molecule has 0 aromatic heterocycles. The first kappa shape index (κ1) is 12.5. The quantitative estimate of drug-likeness (QED) is 0.894. The molecule has 0 saturated carbocycles. The molecule has 0 radical (unpaired) electrons. The van der Waals surface area contributed by atoms with E-state index in [9.17, 15) is 13.6 Å². The van der Waals surface area contributed by atoms with Crippen molar-refractivity contribution in [2.45, 2.75) is 0 Å². The Bertz CT molecular complexity index is 606. The predicted molar refractivity (Wildman–Crippen MR) is 63.8 cm³/mol. The lowest BCUT2D eigenvalue weighted by Crippen LogP contribution is -2.00. The Morgan fingerprint density at radius 3 is 2.39 bits per heavy atom. The fourth-order valence-electron chi connectivity index (χ4n) is 1.59. The zero-order chi connectivity index (χ0) is 13.3. The van der Waals surface area contributed by atoms with E-state index in [1.165, 1.54) is 18.2 Å². The number of carbonyl (C=O) groups is 1. The summed E-state index contributed by atoms with van der Waals surface area (Å²) in [6.07, 6.45) is 0. The summed E-state index contributed by atoms with van der Waals surface area (Å²) in [4.78, 5) is 10.8. The van der Waals surface area contributed by atoms with Crippen LogP contribution in [0.4, 0.5) is 8.78 Å². The van der Waals surface area contributed by atoms with E-state index in [2.05, 4.69) is 0 Å². The van der Waals surface area contributed by atoms with Crippen molar-refractivity contribution >= 4 is 17.6 Å². The minimum absolute atomic E-state index is 0.186. The third kappa shape index (κ3) is 2.49. The zero-order valence-corrected chi connectivity index (χ0v) is 9.71. The molecule has 0 atom stereocenters. The molecule has 0 aliphatic carbocycles. The van der Waals surface area contributed by atoms with E-state index in [0.29, 0.717) is 11.1 Å². The van der Waals surface area contributed by atoms with Crippen LogP contribution >= 0.6 is 11.6 Å². The highest BCUT2D eigenvalue weighted by Crippen LogP contribution is 2.26. The molecule has 18 heavy (non-hydrogen) atoms. The second-order valence-corrected chi connectivity index (χ2v) is 4.09. The summed E-state index contributed by atoms with van der Waals surface area (Å²) in [5.74, 6) is -2.76. The first-order valence-electron chi connectivity index (χ1n) is 4.96. The van der Waals surface area contributed by atoms with Gasteiger partial charge in [0.15, 0.2) is 0 Å². The second-order valence-electron chi connectivity index (χ2n) is 3.66. The summed E-state index contributed by atoms with van der Waals surface area (Å²) in [5, 5.41) is 8.99. The van der Waals surface area contributed by atoms with Gasteiger partial charge < -0.3 is 5.11 Å². The molecule has 0 heterocycles. The Hall–Kier alpha value is -1.94. The molecule has 0 amide bonds. The van der Waals surface area contributed by atoms with Crippen LogP contribution in [0.5, 0.6) is 0 Å². The smallest absolute Gasteiger partial charge is 0.338 e. The Kier molecular flexibility index (Phi) is 3.30. The molecule has 1 N–H and O–H groups in total. The maximum Gasteiger partial charge on any atom is 0.338 e. The molecule has 92 valence electrons. The largest absolute Gasteiger partial charge is 0.478 e. The zero-order valence-electron chi connectivity index (χ0n) is 8.95. The Balaban J connectivity index is 2.57. The monoisotopic (exact) mass is 268 g/mol. The second kappa shape index (κ2) is 4.74. The fourth-order valence-corrected chi connectivity index (χ4v) is 1.81. The number of aromatic carboxylic acids is 1. The first-order chi connectivity index (χ1) is 8.47. The van der Waals surface area contributed by atoms with Gasteiger partial charge in [0.2, 0.25) is 0 Å². The third-order valence-electron chi connectivity index (χ3n) is 2.39. The van der Waals surface area contributed by atoms with Gasteiger partial charge in [0.05, 0.1) is 5.56 Å². The number of hydrogen-bond donors (Lipinski definition) is 1. The van der Waals surface area contributed by atoms with Gasteiger partial charge in [-0.2, -0.15) is 0 Å². The maximum absolute atomic E-state index is 13.2. The minimum atomic E-state index is -1.38. The number of benzene rings is 2. The predicted octanol–water partition coefficient (Wildman–Crippen LogP) is 3.98. The average Bonchev–Trinajstić information content (AvgIpc) is 2.27. The van der Waals surface area contributed by atoms with Crippen LogP contribution in [-0.4, -0.2) is 11.1 Å². The minimum Gasteiger partial charge on any atom is -0.478 e. The van der Waals surface area contributed by atoms with Gasteiger partial charge in [-0.15, -0.1) is 0 Å². The molecule has 2 nitrogen and oxygen atoms in total. The van der Waals surface area contributed by atoms with Gasteiger partial charge >= 0.3 is 5.97 Å². The molecular formula is C13H7ClF2O2. The van der Waals surface area contributed by atoms with Crippen molar-refractivity contribution in [3.63, 3.8) is 0 Å². The molecule has 0 bridgehead atoms. The Morgan fingerprint density at radius 2 is 1.78 bits per heavy atom. The van der Waals surface area contributed by atoms with Gasteiger partial charge in [-0.25, -0.2) is 13.6 Å². The lowest BCUT2D eigenvalue weighted by Gasteiger charge is -2.05. The van der Waals surface area contributed by atoms with Crippen molar-refractivity contribution in [2.24, 2.45) is 0 Å². The third-order valence-corrected chi connectivity index (χ3v) is 2.61. The van der Waals surface area contributed by atoms with Crippen molar-refractivity contribution in [2.75, 3.05) is 0 Å². The number of carboxylic acid groups (broad SMARTS) is 1. The van der Waals surface area contributed by atoms with Gasteiger partial charge in [0.1, 0.15) is 11.6 Å². The Morgan fingerprint density at radius 1 is 1.06 bits per heavy atom. The molecule has 0 aliphatic rings. The van der Waals surface area contributed by atoms with E-state index in [1.54, 1.807) is 0 Å². The van der Waals surface area contributed by atoms with Crippen LogP contribution in [0, 0.1) is 11.6 Å². The van der Waals surface area contributed by atoms with Crippen molar-refractivity contribution < 1.29 is 18.7 Å². The van der Waals surface area contributed by atoms with E-state index >= 15 is 0 Å². The highest BCUT2D eigenvalue weighted by Gasteiger charge is 2.12. The van der Waals surface area contributed by atoms with Gasteiger partial charge in [-0.05, 0) is 41.5 Å². The molecule has 2 rings (SSSR count). The highest BCUT2D eigenvalue weighted by molar-refractivity contribution is 6.30. The summed E-state index contributed by atoms with van der Waals surface area (Å²) in [6, 6.07) is 7.34. The van der Waals surface area contributed by atoms with Gasteiger partial charge in [-0.1, -0.05) is 17.7 Å². The molecule has 0 fully saturated rings. The summed E-state index contributed by atoms with van der Waals surface area (Å²) in [7, 11) is 0. The molecule has 5 heteroatoms. The Labute approximate surface area is 106 Å². The van der Waals surface area contributed by atoms with Crippen molar-refractivity contribution in [3.05, 3.63) is 58.6 Å². The maximum atomic E-state index is 13.2. The molecule has 0 spiro atoms. The normalized spacial score (nSPS) is 10.4. The molecule has 0 aliphatic heterocycles. The van der Waals surface area contributed by atoms with E-state index in [-0.39, 0.29) is 5.02 Å². The molecular weight excluding hydrogens is 262 g/mol. The number of rotatable bonds is 2. The van der Waals surface area contributed by atoms with Crippen LogP contribution in [0.3, 0.4) is 0 Å². The number of halogens is 3. The van der Waals surface area contributed by atoms with Gasteiger partial charge in [-0.3, -0.25) is 0 Å². The lowest BCUT2D eigenvalue weighted by molar-refractivity contribution is 0.0692. The van der Waals surface area contributed by atoms with Gasteiger partial charge in [0.25, 0.3) is 0 Å². The van der Waals surface area contributed by atoms with Crippen molar-refractivity contribution in [3.8, 4) is 11.1 Å². The standard InChI is InChI=1S/C13H7ClF2O2/c14-9-3-8(4-10(15)6-9)7-1-2-12(16)11(5-7)13(17)18/h1-6H,(H,17,18).